The highest BCUT2D eigenvalue weighted by Crippen LogP contribution is 2.16. The molecule has 21 heavy (non-hydrogen) atoms. The highest BCUT2D eigenvalue weighted by Gasteiger charge is 2.04. The third kappa shape index (κ3) is 3.11. The Bertz CT molecular complexity index is 735. The van der Waals surface area contributed by atoms with Gasteiger partial charge in [-0.15, -0.1) is 0 Å². The minimum atomic E-state index is -0.231. The molecule has 0 saturated heterocycles. The Balaban J connectivity index is 1.70. The van der Waals surface area contributed by atoms with Crippen molar-refractivity contribution in [3.63, 3.8) is 0 Å². The number of hydrogen-bond donors (Lipinski definition) is 1. The average molecular weight is 281 g/mol. The van der Waals surface area contributed by atoms with E-state index in [-0.39, 0.29) is 5.82 Å². The maximum absolute atomic E-state index is 13.7. The molecule has 3 aromatic rings. The van der Waals surface area contributed by atoms with Crippen molar-refractivity contribution in [3.05, 3.63) is 77.9 Å². The van der Waals surface area contributed by atoms with Crippen LogP contribution in [-0.4, -0.2) is 9.78 Å². The van der Waals surface area contributed by atoms with E-state index in [1.54, 1.807) is 12.3 Å². The van der Waals surface area contributed by atoms with E-state index in [0.29, 0.717) is 12.2 Å². The molecule has 3 nitrogen and oxygen atoms in total. The molecule has 0 spiro atoms. The second kappa shape index (κ2) is 5.79. The zero-order valence-corrected chi connectivity index (χ0v) is 11.8. The minimum absolute atomic E-state index is 0.231. The Morgan fingerprint density at radius 2 is 1.95 bits per heavy atom. The summed E-state index contributed by atoms with van der Waals surface area (Å²) in [5, 5.41) is 7.41. The number of hydrogen-bond acceptors (Lipinski definition) is 2. The maximum atomic E-state index is 13.7. The fourth-order valence-corrected chi connectivity index (χ4v) is 2.13. The van der Waals surface area contributed by atoms with Gasteiger partial charge in [-0.1, -0.05) is 24.3 Å². The molecule has 0 aliphatic heterocycles. The van der Waals surface area contributed by atoms with Crippen LogP contribution in [0.1, 0.15) is 11.1 Å². The van der Waals surface area contributed by atoms with Gasteiger partial charge < -0.3 is 5.32 Å². The summed E-state index contributed by atoms with van der Waals surface area (Å²) in [5.74, 6) is -0.231. The van der Waals surface area contributed by atoms with Crippen LogP contribution in [0.3, 0.4) is 0 Å². The first-order valence-electron chi connectivity index (χ1n) is 6.81. The van der Waals surface area contributed by atoms with E-state index in [0.717, 1.165) is 16.8 Å². The summed E-state index contributed by atoms with van der Waals surface area (Å²) in [6.45, 7) is 2.41. The van der Waals surface area contributed by atoms with Gasteiger partial charge in [-0.25, -0.2) is 9.07 Å². The van der Waals surface area contributed by atoms with E-state index < -0.39 is 0 Å². The Kier molecular flexibility index (Phi) is 3.69. The average Bonchev–Trinajstić information content (AvgIpc) is 2.96. The van der Waals surface area contributed by atoms with Crippen LogP contribution in [0.15, 0.2) is 60.9 Å². The zero-order chi connectivity index (χ0) is 14.7. The lowest BCUT2D eigenvalue weighted by molar-refractivity contribution is 0.629. The Labute approximate surface area is 123 Å². The zero-order valence-electron chi connectivity index (χ0n) is 11.8. The summed E-state index contributed by atoms with van der Waals surface area (Å²) in [6, 6.07) is 15.1. The van der Waals surface area contributed by atoms with Crippen molar-refractivity contribution in [2.45, 2.75) is 13.5 Å². The van der Waals surface area contributed by atoms with Crippen molar-refractivity contribution in [1.82, 2.24) is 9.78 Å². The molecule has 0 unspecified atom stereocenters. The first-order valence-corrected chi connectivity index (χ1v) is 6.81. The molecule has 0 atom stereocenters. The molecular weight excluding hydrogens is 265 g/mol. The van der Waals surface area contributed by atoms with Gasteiger partial charge in [0, 0.05) is 18.3 Å². The molecule has 0 amide bonds. The van der Waals surface area contributed by atoms with Crippen LogP contribution >= 0.6 is 0 Å². The second-order valence-corrected chi connectivity index (χ2v) is 4.97. The summed E-state index contributed by atoms with van der Waals surface area (Å²) in [5.41, 5.74) is 3.42. The molecule has 0 aliphatic rings. The first kappa shape index (κ1) is 13.4. The maximum Gasteiger partial charge on any atom is 0.146 e. The number of benzene rings is 2. The van der Waals surface area contributed by atoms with Crippen LogP contribution in [0.5, 0.6) is 0 Å². The summed E-state index contributed by atoms with van der Waals surface area (Å²) in [4.78, 5) is 0. The highest BCUT2D eigenvalue weighted by molar-refractivity contribution is 5.46. The van der Waals surface area contributed by atoms with Gasteiger partial charge in [0.2, 0.25) is 0 Å². The van der Waals surface area contributed by atoms with E-state index in [1.165, 1.54) is 6.07 Å². The molecular formula is C17H16FN3. The fraction of sp³-hybridized carbons (Fsp3) is 0.118. The summed E-state index contributed by atoms with van der Waals surface area (Å²) < 4.78 is 15.5. The van der Waals surface area contributed by atoms with Crippen molar-refractivity contribution < 1.29 is 4.39 Å². The Morgan fingerprint density at radius 1 is 1.14 bits per heavy atom. The third-order valence-corrected chi connectivity index (χ3v) is 3.26. The second-order valence-electron chi connectivity index (χ2n) is 4.97. The monoisotopic (exact) mass is 281 g/mol. The molecule has 0 saturated carbocycles. The molecule has 2 aromatic carbocycles. The van der Waals surface area contributed by atoms with Crippen LogP contribution in [0.25, 0.3) is 5.69 Å². The van der Waals surface area contributed by atoms with Crippen LogP contribution < -0.4 is 5.32 Å². The predicted octanol–water partition coefficient (Wildman–Crippen LogP) is 3.93. The van der Waals surface area contributed by atoms with Gasteiger partial charge >= 0.3 is 0 Å². The normalized spacial score (nSPS) is 10.6. The van der Waals surface area contributed by atoms with Gasteiger partial charge in [-0.2, -0.15) is 5.10 Å². The van der Waals surface area contributed by atoms with E-state index in [2.05, 4.69) is 10.4 Å². The lowest BCUT2D eigenvalue weighted by atomic mass is 10.2. The standard InChI is InChI=1S/C17H16FN3/c1-13-7-8-17(16(18)9-13)19-10-14-11-20-21(12-14)15-5-3-2-4-6-15/h2-9,11-12,19H,10H2,1H3. The molecule has 3 rings (SSSR count). The smallest absolute Gasteiger partial charge is 0.146 e. The van der Waals surface area contributed by atoms with Gasteiger partial charge in [0.1, 0.15) is 5.82 Å². The Hall–Kier alpha value is -2.62. The lowest BCUT2D eigenvalue weighted by Crippen LogP contribution is -2.01. The Morgan fingerprint density at radius 3 is 2.71 bits per heavy atom. The molecule has 1 N–H and O–H groups in total. The van der Waals surface area contributed by atoms with Crippen molar-refractivity contribution >= 4 is 5.69 Å². The topological polar surface area (TPSA) is 29.9 Å². The van der Waals surface area contributed by atoms with Crippen molar-refractivity contribution in [1.29, 1.82) is 0 Å². The van der Waals surface area contributed by atoms with Gasteiger partial charge in [0.15, 0.2) is 0 Å². The van der Waals surface area contributed by atoms with Crippen molar-refractivity contribution in [2.24, 2.45) is 0 Å². The first-order chi connectivity index (χ1) is 10.2. The third-order valence-electron chi connectivity index (χ3n) is 3.26. The van der Waals surface area contributed by atoms with Crippen LogP contribution in [0.2, 0.25) is 0 Å². The molecule has 0 aliphatic carbocycles. The van der Waals surface area contributed by atoms with Gasteiger partial charge in [-0.05, 0) is 36.8 Å². The predicted molar refractivity (Wildman–Crippen MR) is 82.0 cm³/mol. The van der Waals surface area contributed by atoms with E-state index in [4.69, 9.17) is 0 Å². The van der Waals surface area contributed by atoms with Crippen LogP contribution in [0.4, 0.5) is 10.1 Å². The van der Waals surface area contributed by atoms with E-state index in [9.17, 15) is 4.39 Å². The number of rotatable bonds is 4. The molecule has 106 valence electrons. The molecule has 0 radical (unpaired) electrons. The largest absolute Gasteiger partial charge is 0.378 e. The molecule has 0 bridgehead atoms. The summed E-state index contributed by atoms with van der Waals surface area (Å²) in [7, 11) is 0. The van der Waals surface area contributed by atoms with Crippen LogP contribution in [-0.2, 0) is 6.54 Å². The number of aromatic nitrogens is 2. The molecule has 1 aromatic heterocycles. The number of para-hydroxylation sites is 1. The molecule has 0 fully saturated rings. The fourth-order valence-electron chi connectivity index (χ4n) is 2.13. The van der Waals surface area contributed by atoms with Gasteiger partial charge in [0.05, 0.1) is 17.6 Å². The van der Waals surface area contributed by atoms with Crippen molar-refractivity contribution in [3.8, 4) is 5.69 Å². The van der Waals surface area contributed by atoms with E-state index in [1.807, 2.05) is 54.2 Å². The number of nitrogens with zero attached hydrogens (tertiary/aromatic N) is 2. The van der Waals surface area contributed by atoms with Gasteiger partial charge in [-0.3, -0.25) is 0 Å². The highest BCUT2D eigenvalue weighted by atomic mass is 19.1. The molecule has 1 heterocycles. The number of anilines is 1. The molecule has 4 heteroatoms. The quantitative estimate of drug-likeness (QED) is 0.785. The summed E-state index contributed by atoms with van der Waals surface area (Å²) >= 11 is 0. The van der Waals surface area contributed by atoms with Crippen molar-refractivity contribution in [2.75, 3.05) is 5.32 Å². The van der Waals surface area contributed by atoms with Crippen LogP contribution in [0, 0.1) is 12.7 Å². The minimum Gasteiger partial charge on any atom is -0.378 e. The number of halogens is 1. The lowest BCUT2D eigenvalue weighted by Gasteiger charge is -2.06. The van der Waals surface area contributed by atoms with Gasteiger partial charge in [0.25, 0.3) is 0 Å². The summed E-state index contributed by atoms with van der Waals surface area (Å²) in [6.07, 6.45) is 3.72. The van der Waals surface area contributed by atoms with E-state index >= 15 is 0 Å². The SMILES string of the molecule is Cc1ccc(NCc2cnn(-c3ccccc3)c2)c(F)c1. The number of nitrogens with one attached hydrogen (secondary N) is 1. The number of aryl methyl sites for hydroxylation is 1.